The number of fused-ring (bicyclic) bond motifs is 1. The number of anilines is 1. The molecule has 10 heteroatoms. The van der Waals surface area contributed by atoms with Crippen molar-refractivity contribution in [2.24, 2.45) is 0 Å². The van der Waals surface area contributed by atoms with Crippen molar-refractivity contribution in [1.29, 1.82) is 0 Å². The van der Waals surface area contributed by atoms with E-state index in [-0.39, 0.29) is 17.2 Å². The maximum Gasteiger partial charge on any atom is 0.420 e. The van der Waals surface area contributed by atoms with Crippen LogP contribution in [-0.4, -0.2) is 42.9 Å². The van der Waals surface area contributed by atoms with Gasteiger partial charge in [-0.1, -0.05) is 12.1 Å². The Morgan fingerprint density at radius 3 is 2.65 bits per heavy atom. The van der Waals surface area contributed by atoms with Crippen LogP contribution in [0.25, 0.3) is 11.1 Å². The molecule has 3 aromatic rings. The van der Waals surface area contributed by atoms with E-state index in [9.17, 15) is 18.0 Å². The quantitative estimate of drug-likeness (QED) is 0.598. The van der Waals surface area contributed by atoms with Crippen molar-refractivity contribution in [3.8, 4) is 5.75 Å². The lowest BCUT2D eigenvalue weighted by atomic mass is 10.3. The first-order valence-electron chi connectivity index (χ1n) is 10.1. The van der Waals surface area contributed by atoms with E-state index in [1.807, 2.05) is 0 Å². The minimum absolute atomic E-state index is 0.0139. The number of rotatable bonds is 7. The molecule has 31 heavy (non-hydrogen) atoms. The number of sulfonamides is 1. The molecule has 164 valence electrons. The van der Waals surface area contributed by atoms with Crippen LogP contribution < -0.4 is 15.8 Å². The molecule has 1 aliphatic heterocycles. The summed E-state index contributed by atoms with van der Waals surface area (Å²) in [6.45, 7) is 2.73. The van der Waals surface area contributed by atoms with Crippen molar-refractivity contribution < 1.29 is 22.4 Å². The number of amides is 1. The monoisotopic (exact) mass is 445 g/mol. The summed E-state index contributed by atoms with van der Waals surface area (Å²) in [7, 11) is -3.75. The van der Waals surface area contributed by atoms with Crippen molar-refractivity contribution in [1.82, 2.24) is 8.87 Å². The topological polar surface area (TPSA) is 111 Å². The molecule has 1 amide bonds. The fraction of sp³-hybridized carbons (Fsp3) is 0.333. The number of hydrogen-bond acceptors (Lipinski definition) is 6. The Balaban J connectivity index is 1.60. The summed E-state index contributed by atoms with van der Waals surface area (Å²) >= 11 is 0. The van der Waals surface area contributed by atoms with Crippen molar-refractivity contribution in [3.63, 3.8) is 0 Å². The molecule has 1 aromatic heterocycles. The van der Waals surface area contributed by atoms with Crippen LogP contribution in [0.5, 0.6) is 5.75 Å². The Bertz CT molecular complexity index is 1270. The Labute approximate surface area is 179 Å². The highest BCUT2D eigenvalue weighted by molar-refractivity contribution is 7.89. The van der Waals surface area contributed by atoms with Crippen molar-refractivity contribution in [2.45, 2.75) is 31.2 Å². The Morgan fingerprint density at radius 1 is 1.16 bits per heavy atom. The van der Waals surface area contributed by atoms with E-state index in [1.54, 1.807) is 37.3 Å². The zero-order valence-electron chi connectivity index (χ0n) is 17.0. The summed E-state index contributed by atoms with van der Waals surface area (Å²) in [6.07, 6.45) is 1.63. The van der Waals surface area contributed by atoms with Gasteiger partial charge in [0.05, 0.1) is 12.1 Å². The van der Waals surface area contributed by atoms with Gasteiger partial charge in [-0.2, -0.15) is 4.31 Å². The molecule has 2 heterocycles. The van der Waals surface area contributed by atoms with Gasteiger partial charge in [0.2, 0.25) is 15.9 Å². The van der Waals surface area contributed by atoms with Crippen LogP contribution in [-0.2, 0) is 21.4 Å². The largest absolute Gasteiger partial charge is 0.492 e. The van der Waals surface area contributed by atoms with Gasteiger partial charge in [-0.15, -0.1) is 0 Å². The highest BCUT2D eigenvalue weighted by Crippen LogP contribution is 2.31. The van der Waals surface area contributed by atoms with E-state index in [1.165, 1.54) is 21.0 Å². The number of benzene rings is 2. The summed E-state index contributed by atoms with van der Waals surface area (Å²) in [5.41, 5.74) is 1.19. The average Bonchev–Trinajstić information content (AvgIpc) is 3.39. The Morgan fingerprint density at radius 2 is 1.90 bits per heavy atom. The molecule has 1 N–H and O–H groups in total. The third kappa shape index (κ3) is 4.21. The number of carbonyl (C=O) groups is 1. The molecule has 2 aromatic carbocycles. The van der Waals surface area contributed by atoms with E-state index in [4.69, 9.17) is 9.15 Å². The van der Waals surface area contributed by atoms with E-state index in [2.05, 4.69) is 5.32 Å². The number of oxazole rings is 1. The zero-order chi connectivity index (χ0) is 22.0. The number of nitrogens with zero attached hydrogens (tertiary/aromatic N) is 2. The molecule has 4 rings (SSSR count). The summed E-state index contributed by atoms with van der Waals surface area (Å²) < 4.78 is 39.5. The second-order valence-electron chi connectivity index (χ2n) is 7.18. The lowest BCUT2D eigenvalue weighted by Crippen LogP contribution is -2.28. The molecule has 0 saturated carbocycles. The van der Waals surface area contributed by atoms with Crippen molar-refractivity contribution >= 4 is 32.7 Å². The third-order valence-electron chi connectivity index (χ3n) is 5.09. The number of hydrogen-bond donors (Lipinski definition) is 1. The first kappa shape index (κ1) is 21.1. The molecule has 1 fully saturated rings. The van der Waals surface area contributed by atoms with Crippen LogP contribution in [0.1, 0.15) is 19.8 Å². The van der Waals surface area contributed by atoms with Gasteiger partial charge in [0.1, 0.15) is 17.2 Å². The second kappa shape index (κ2) is 8.56. The van der Waals surface area contributed by atoms with Crippen molar-refractivity contribution in [3.05, 3.63) is 53.0 Å². The first-order valence-corrected chi connectivity index (χ1v) is 11.5. The van der Waals surface area contributed by atoms with Crippen LogP contribution >= 0.6 is 0 Å². The lowest BCUT2D eigenvalue weighted by molar-refractivity contribution is -0.116. The fourth-order valence-electron chi connectivity index (χ4n) is 3.64. The summed E-state index contributed by atoms with van der Waals surface area (Å²) in [5.74, 6) is -0.882. The summed E-state index contributed by atoms with van der Waals surface area (Å²) in [6, 6.07) is 11.3. The predicted octanol–water partition coefficient (Wildman–Crippen LogP) is 2.42. The van der Waals surface area contributed by atoms with Gasteiger partial charge >= 0.3 is 5.76 Å². The smallest absolute Gasteiger partial charge is 0.420 e. The number of para-hydroxylation sites is 2. The predicted molar refractivity (Wildman–Crippen MR) is 115 cm³/mol. The average molecular weight is 445 g/mol. The number of carbonyl (C=O) groups excluding carboxylic acids is 1. The molecule has 1 saturated heterocycles. The van der Waals surface area contributed by atoms with E-state index < -0.39 is 21.7 Å². The maximum absolute atomic E-state index is 13.1. The standard InChI is InChI=1S/C21H23N3O6S/c1-2-29-18-10-9-15(13-19(18)31(27,28)23-11-5-6-12-23)22-20(25)14-24-16-7-3-4-8-17(16)30-21(24)26/h3-4,7-10,13H,2,5-6,11-12,14H2,1H3,(H,22,25). The molecule has 0 radical (unpaired) electrons. The normalized spacial score (nSPS) is 14.7. The highest BCUT2D eigenvalue weighted by atomic mass is 32.2. The summed E-state index contributed by atoms with van der Waals surface area (Å²) in [4.78, 5) is 24.7. The van der Waals surface area contributed by atoms with Crippen LogP contribution in [0.4, 0.5) is 5.69 Å². The molecular formula is C21H23N3O6S. The number of aromatic nitrogens is 1. The molecule has 0 unspecified atom stereocenters. The van der Waals surface area contributed by atoms with Crippen LogP contribution in [0.2, 0.25) is 0 Å². The van der Waals surface area contributed by atoms with E-state index in [0.29, 0.717) is 36.5 Å². The van der Waals surface area contributed by atoms with Gasteiger partial charge in [-0.05, 0) is 50.1 Å². The first-order chi connectivity index (χ1) is 14.9. The number of nitrogens with one attached hydrogen (secondary N) is 1. The van der Waals surface area contributed by atoms with Gasteiger partial charge in [0.15, 0.2) is 5.58 Å². The van der Waals surface area contributed by atoms with Crippen LogP contribution in [0, 0.1) is 0 Å². The van der Waals surface area contributed by atoms with Gasteiger partial charge < -0.3 is 14.5 Å². The molecule has 0 atom stereocenters. The Kier molecular flexibility index (Phi) is 5.84. The minimum atomic E-state index is -3.75. The van der Waals surface area contributed by atoms with E-state index in [0.717, 1.165) is 12.8 Å². The SMILES string of the molecule is CCOc1ccc(NC(=O)Cn2c(=O)oc3ccccc32)cc1S(=O)(=O)N1CCCC1. The third-order valence-corrected chi connectivity index (χ3v) is 7.01. The van der Waals surface area contributed by atoms with Gasteiger partial charge in [-0.3, -0.25) is 9.36 Å². The fourth-order valence-corrected chi connectivity index (χ4v) is 5.31. The lowest BCUT2D eigenvalue weighted by Gasteiger charge is -2.19. The van der Waals surface area contributed by atoms with Gasteiger partial charge in [0.25, 0.3) is 0 Å². The molecule has 0 aliphatic carbocycles. The number of ether oxygens (including phenoxy) is 1. The van der Waals surface area contributed by atoms with E-state index >= 15 is 0 Å². The zero-order valence-corrected chi connectivity index (χ0v) is 17.9. The molecule has 0 spiro atoms. The molecule has 0 bridgehead atoms. The van der Waals surface area contributed by atoms with Crippen LogP contribution in [0.3, 0.4) is 0 Å². The Hall–Kier alpha value is -3.11. The second-order valence-corrected chi connectivity index (χ2v) is 9.08. The molecule has 9 nitrogen and oxygen atoms in total. The molecule has 1 aliphatic rings. The van der Waals surface area contributed by atoms with Crippen LogP contribution in [0.15, 0.2) is 56.6 Å². The highest BCUT2D eigenvalue weighted by Gasteiger charge is 2.30. The van der Waals surface area contributed by atoms with Gasteiger partial charge in [-0.25, -0.2) is 13.2 Å². The maximum atomic E-state index is 13.1. The molecular weight excluding hydrogens is 422 g/mol. The summed E-state index contributed by atoms with van der Waals surface area (Å²) in [5, 5.41) is 2.67. The van der Waals surface area contributed by atoms with Gasteiger partial charge in [0, 0.05) is 18.8 Å². The minimum Gasteiger partial charge on any atom is -0.492 e. The van der Waals surface area contributed by atoms with Crippen molar-refractivity contribution in [2.75, 3.05) is 25.0 Å².